The molecule has 4 aromatic rings. The highest BCUT2D eigenvalue weighted by atomic mass is 32.2. The van der Waals surface area contributed by atoms with Crippen LogP contribution in [0.3, 0.4) is 0 Å². The smallest absolute Gasteiger partial charge is 0.264 e. The number of fused-ring (bicyclic) bond motifs is 1. The normalized spacial score (nSPS) is 18.0. The molecule has 0 aliphatic heterocycles. The lowest BCUT2D eigenvalue weighted by Gasteiger charge is -2.27. The first-order chi connectivity index (χ1) is 18.9. The van der Waals surface area contributed by atoms with Gasteiger partial charge in [-0.05, 0) is 69.2 Å². The maximum absolute atomic E-state index is 15.5. The lowest BCUT2D eigenvalue weighted by Crippen LogP contribution is -2.26. The average Bonchev–Trinajstić information content (AvgIpc) is 3.28. The fraction of sp³-hybridized carbons (Fsp3) is 0.333. The highest BCUT2D eigenvalue weighted by Crippen LogP contribution is 2.42. The van der Waals surface area contributed by atoms with E-state index in [0.717, 1.165) is 43.4 Å². The van der Waals surface area contributed by atoms with Crippen molar-refractivity contribution in [2.75, 3.05) is 10.5 Å². The molecule has 1 aliphatic carbocycles. The van der Waals surface area contributed by atoms with Crippen molar-refractivity contribution >= 4 is 32.4 Å². The van der Waals surface area contributed by atoms with Crippen molar-refractivity contribution in [3.8, 4) is 11.3 Å². The maximum Gasteiger partial charge on any atom is 0.264 e. The minimum absolute atomic E-state index is 0.0541. The summed E-state index contributed by atoms with van der Waals surface area (Å²) in [5.41, 5.74) is 13.0. The predicted octanol–water partition coefficient (Wildman–Crippen LogP) is 5.60. The Labute approximate surface area is 228 Å². The fourth-order valence-electron chi connectivity index (χ4n) is 5.21. The average molecular weight is 577 g/mol. The van der Waals surface area contributed by atoms with Gasteiger partial charge in [-0.2, -0.15) is 5.10 Å². The number of sulfonamides is 1. The van der Waals surface area contributed by atoms with Gasteiger partial charge < -0.3 is 11.5 Å². The second-order valence-electron chi connectivity index (χ2n) is 10.3. The lowest BCUT2D eigenvalue weighted by molar-refractivity contribution is 0.395. The molecule has 0 amide bonds. The lowest BCUT2D eigenvalue weighted by atomic mass is 9.82. The first-order valence-electron chi connectivity index (χ1n) is 12.8. The van der Waals surface area contributed by atoms with E-state index in [1.807, 2.05) is 18.6 Å². The largest absolute Gasteiger partial charge is 0.383 e. The molecule has 13 heteroatoms. The molecular weight excluding hydrogens is 548 g/mol. The Morgan fingerprint density at radius 1 is 1.00 bits per heavy atom. The Balaban J connectivity index is 1.61. The molecule has 0 saturated heterocycles. The second-order valence-corrected chi connectivity index (χ2v) is 12.0. The Morgan fingerprint density at radius 3 is 2.35 bits per heavy atom. The van der Waals surface area contributed by atoms with Crippen LogP contribution in [0, 0.1) is 23.3 Å². The van der Waals surface area contributed by atoms with Crippen LogP contribution < -0.4 is 16.2 Å². The molecule has 1 aliphatic rings. The summed E-state index contributed by atoms with van der Waals surface area (Å²) < 4.78 is 87.0. The molecule has 0 radical (unpaired) electrons. The third-order valence-corrected chi connectivity index (χ3v) is 8.62. The highest BCUT2D eigenvalue weighted by Gasteiger charge is 2.29. The number of hydrogen-bond acceptors (Lipinski definition) is 6. The van der Waals surface area contributed by atoms with Crippen LogP contribution in [0.15, 0.2) is 41.4 Å². The van der Waals surface area contributed by atoms with Crippen LogP contribution in [-0.4, -0.2) is 29.2 Å². The molecule has 1 saturated carbocycles. The summed E-state index contributed by atoms with van der Waals surface area (Å²) in [5, 5.41) is 4.97. The van der Waals surface area contributed by atoms with Crippen molar-refractivity contribution in [2.45, 2.75) is 62.4 Å². The van der Waals surface area contributed by atoms with Crippen LogP contribution in [0.25, 0.3) is 22.2 Å². The Hall–Kier alpha value is -3.71. The van der Waals surface area contributed by atoms with Gasteiger partial charge >= 0.3 is 0 Å². The van der Waals surface area contributed by atoms with Gasteiger partial charge in [-0.25, -0.2) is 31.0 Å². The minimum Gasteiger partial charge on any atom is -0.383 e. The third-order valence-electron chi connectivity index (χ3n) is 7.22. The van der Waals surface area contributed by atoms with Crippen LogP contribution in [0.2, 0.25) is 0 Å². The van der Waals surface area contributed by atoms with Crippen molar-refractivity contribution in [3.05, 3.63) is 65.4 Å². The summed E-state index contributed by atoms with van der Waals surface area (Å²) in [6.45, 7) is 3.80. The van der Waals surface area contributed by atoms with Crippen LogP contribution in [0.1, 0.15) is 57.1 Å². The topological polar surface area (TPSA) is 129 Å². The Bertz CT molecular complexity index is 1720. The van der Waals surface area contributed by atoms with E-state index in [1.165, 1.54) is 0 Å². The number of halogens is 4. The molecule has 8 nitrogen and oxygen atoms in total. The third kappa shape index (κ3) is 4.99. The number of nitrogens with one attached hydrogen (secondary N) is 1. The number of benzene rings is 2. The van der Waals surface area contributed by atoms with Crippen molar-refractivity contribution in [3.63, 3.8) is 0 Å². The zero-order chi connectivity index (χ0) is 28.9. The van der Waals surface area contributed by atoms with Crippen molar-refractivity contribution in [1.29, 1.82) is 0 Å². The first kappa shape index (κ1) is 27.8. The van der Waals surface area contributed by atoms with Gasteiger partial charge in [0, 0.05) is 36.0 Å². The summed E-state index contributed by atoms with van der Waals surface area (Å²) in [5.74, 6) is -4.28. The SMILES string of the molecule is CC(C)n1nc(-c2cc(F)c(NS(=O)(=O)c3ccc(F)cc3F)cc2F)c2c(N)ncc([C@H]3CC[C@H](N)CC3)c21. The van der Waals surface area contributed by atoms with E-state index in [1.54, 1.807) is 10.9 Å². The van der Waals surface area contributed by atoms with Gasteiger partial charge in [0.1, 0.15) is 39.7 Å². The standard InChI is InChI=1S/C27H28F4N6O2S/c1-13(2)37-26-18(14-3-6-16(32)7-4-14)12-34-27(33)24(26)25(35-37)17-10-20(30)22(11-19(17)29)36-40(38,39)23-8-5-15(28)9-21(23)31/h5,8-14,16,36H,3-4,6-7,32H2,1-2H3,(H2,33,34)/t14-,16-. The zero-order valence-electron chi connectivity index (χ0n) is 21.8. The van der Waals surface area contributed by atoms with Gasteiger partial charge in [0.2, 0.25) is 0 Å². The van der Waals surface area contributed by atoms with E-state index in [-0.39, 0.29) is 35.1 Å². The Kier molecular flexibility index (Phi) is 7.21. The van der Waals surface area contributed by atoms with Crippen LogP contribution in [-0.2, 0) is 10.0 Å². The monoisotopic (exact) mass is 576 g/mol. The minimum atomic E-state index is -4.71. The molecule has 0 bridgehead atoms. The van der Waals surface area contributed by atoms with E-state index < -0.39 is 43.9 Å². The number of rotatable bonds is 6. The first-order valence-corrected chi connectivity index (χ1v) is 14.2. The van der Waals surface area contributed by atoms with E-state index >= 15 is 8.78 Å². The Morgan fingerprint density at radius 2 is 1.70 bits per heavy atom. The van der Waals surface area contributed by atoms with E-state index in [4.69, 9.17) is 11.5 Å². The summed E-state index contributed by atoms with van der Waals surface area (Å²) in [4.78, 5) is 3.43. The summed E-state index contributed by atoms with van der Waals surface area (Å²) in [7, 11) is -4.71. The van der Waals surface area contributed by atoms with Gasteiger partial charge in [-0.3, -0.25) is 9.40 Å². The van der Waals surface area contributed by atoms with Crippen LogP contribution in [0.4, 0.5) is 29.1 Å². The van der Waals surface area contributed by atoms with Crippen molar-refractivity contribution in [1.82, 2.24) is 14.8 Å². The predicted molar refractivity (Wildman–Crippen MR) is 144 cm³/mol. The molecule has 2 heterocycles. The molecule has 40 heavy (non-hydrogen) atoms. The molecular formula is C27H28F4N6O2S. The van der Waals surface area contributed by atoms with Gasteiger partial charge in [0.15, 0.2) is 0 Å². The molecule has 5 N–H and O–H groups in total. The molecule has 212 valence electrons. The van der Waals surface area contributed by atoms with Crippen molar-refractivity contribution < 1.29 is 26.0 Å². The number of aromatic nitrogens is 3. The quantitative estimate of drug-likeness (QED) is 0.256. The number of nitrogens with zero attached hydrogens (tertiary/aromatic N) is 3. The number of nitrogens with two attached hydrogens (primary N) is 2. The molecule has 0 atom stereocenters. The number of anilines is 2. The number of hydrogen-bond donors (Lipinski definition) is 3. The zero-order valence-corrected chi connectivity index (χ0v) is 22.6. The van der Waals surface area contributed by atoms with Gasteiger partial charge in [-0.15, -0.1) is 0 Å². The highest BCUT2D eigenvalue weighted by molar-refractivity contribution is 7.92. The van der Waals surface area contributed by atoms with E-state index in [2.05, 4.69) is 10.1 Å². The molecule has 0 unspecified atom stereocenters. The van der Waals surface area contributed by atoms with Gasteiger partial charge in [0.25, 0.3) is 10.0 Å². The fourth-order valence-corrected chi connectivity index (χ4v) is 6.33. The summed E-state index contributed by atoms with van der Waals surface area (Å²) >= 11 is 0. The number of pyridine rings is 1. The summed E-state index contributed by atoms with van der Waals surface area (Å²) in [6.07, 6.45) is 5.07. The maximum atomic E-state index is 15.5. The molecule has 2 aromatic carbocycles. The van der Waals surface area contributed by atoms with Crippen LogP contribution >= 0.6 is 0 Å². The van der Waals surface area contributed by atoms with Crippen LogP contribution in [0.5, 0.6) is 0 Å². The van der Waals surface area contributed by atoms with E-state index in [0.29, 0.717) is 29.1 Å². The molecule has 2 aromatic heterocycles. The second kappa shape index (κ2) is 10.4. The van der Waals surface area contributed by atoms with E-state index in [9.17, 15) is 17.2 Å². The summed E-state index contributed by atoms with van der Waals surface area (Å²) in [6, 6.07) is 3.21. The van der Waals surface area contributed by atoms with Gasteiger partial charge in [0.05, 0.1) is 16.6 Å². The molecule has 0 spiro atoms. The molecule has 1 fully saturated rings. The van der Waals surface area contributed by atoms with Crippen molar-refractivity contribution in [2.24, 2.45) is 5.73 Å². The molecule has 5 rings (SSSR count). The number of nitrogen functional groups attached to an aromatic ring is 1. The van der Waals surface area contributed by atoms with Gasteiger partial charge in [-0.1, -0.05) is 0 Å².